The number of nitrogen functional groups attached to an aromatic ring is 1. The standard InChI is InChI=1S/C14H15F3N4/c1-8-12(20-21(13(8)18)7-9-2-3-9)10-4-5-11(19-6-10)14(15,16)17/h4-6,9H,2-3,7,18H2,1H3. The number of hydrogen-bond donors (Lipinski definition) is 1. The zero-order valence-electron chi connectivity index (χ0n) is 11.5. The van der Waals surface area contributed by atoms with Gasteiger partial charge in [-0.15, -0.1) is 0 Å². The molecule has 1 aliphatic carbocycles. The molecule has 3 rings (SSSR count). The van der Waals surface area contributed by atoms with Crippen molar-refractivity contribution in [2.24, 2.45) is 5.92 Å². The Morgan fingerprint density at radius 1 is 1.33 bits per heavy atom. The number of halogens is 3. The normalized spacial score (nSPS) is 15.4. The van der Waals surface area contributed by atoms with Crippen LogP contribution in [0.25, 0.3) is 11.3 Å². The molecule has 4 nitrogen and oxygen atoms in total. The van der Waals surface area contributed by atoms with Crippen molar-refractivity contribution in [3.05, 3.63) is 29.6 Å². The van der Waals surface area contributed by atoms with E-state index >= 15 is 0 Å². The Hall–Kier alpha value is -2.05. The number of hydrogen-bond acceptors (Lipinski definition) is 3. The van der Waals surface area contributed by atoms with Gasteiger partial charge >= 0.3 is 6.18 Å². The first-order valence-corrected chi connectivity index (χ1v) is 6.72. The number of nitrogens with two attached hydrogens (primary N) is 1. The molecule has 0 saturated heterocycles. The lowest BCUT2D eigenvalue weighted by atomic mass is 10.1. The molecule has 0 aliphatic heterocycles. The zero-order valence-corrected chi connectivity index (χ0v) is 11.5. The van der Waals surface area contributed by atoms with Gasteiger partial charge in [0.25, 0.3) is 0 Å². The van der Waals surface area contributed by atoms with Crippen LogP contribution in [-0.2, 0) is 12.7 Å². The fourth-order valence-corrected chi connectivity index (χ4v) is 2.22. The summed E-state index contributed by atoms with van der Waals surface area (Å²) in [4.78, 5) is 3.46. The van der Waals surface area contributed by atoms with Gasteiger partial charge in [0.05, 0.1) is 5.69 Å². The van der Waals surface area contributed by atoms with Gasteiger partial charge in [0.15, 0.2) is 0 Å². The first-order valence-electron chi connectivity index (χ1n) is 6.72. The molecular weight excluding hydrogens is 281 g/mol. The molecule has 0 atom stereocenters. The molecule has 2 N–H and O–H groups in total. The molecule has 0 aromatic carbocycles. The topological polar surface area (TPSA) is 56.7 Å². The van der Waals surface area contributed by atoms with Crippen LogP contribution in [-0.4, -0.2) is 14.8 Å². The lowest BCUT2D eigenvalue weighted by Gasteiger charge is -2.05. The van der Waals surface area contributed by atoms with Crippen LogP contribution in [0, 0.1) is 12.8 Å². The SMILES string of the molecule is Cc1c(-c2ccc(C(F)(F)F)nc2)nn(CC2CC2)c1N. The molecule has 1 saturated carbocycles. The van der Waals surface area contributed by atoms with Gasteiger partial charge in [-0.1, -0.05) is 0 Å². The Kier molecular flexibility index (Phi) is 3.15. The van der Waals surface area contributed by atoms with Crippen LogP contribution in [0.3, 0.4) is 0 Å². The van der Waals surface area contributed by atoms with Gasteiger partial charge in [-0.05, 0) is 37.8 Å². The quantitative estimate of drug-likeness (QED) is 0.945. The minimum Gasteiger partial charge on any atom is -0.384 e. The molecule has 0 radical (unpaired) electrons. The van der Waals surface area contributed by atoms with Gasteiger partial charge in [0.1, 0.15) is 11.5 Å². The molecule has 21 heavy (non-hydrogen) atoms. The van der Waals surface area contributed by atoms with Crippen molar-refractivity contribution in [1.82, 2.24) is 14.8 Å². The van der Waals surface area contributed by atoms with Crippen molar-refractivity contribution in [1.29, 1.82) is 0 Å². The number of pyridine rings is 1. The predicted octanol–water partition coefficient (Wildman–Crippen LogP) is 3.26. The van der Waals surface area contributed by atoms with Crippen LogP contribution < -0.4 is 5.73 Å². The first-order chi connectivity index (χ1) is 9.86. The minimum absolute atomic E-state index is 0.543. The fourth-order valence-electron chi connectivity index (χ4n) is 2.22. The number of aromatic nitrogens is 3. The summed E-state index contributed by atoms with van der Waals surface area (Å²) in [5.41, 5.74) is 7.02. The van der Waals surface area contributed by atoms with Crippen molar-refractivity contribution >= 4 is 5.82 Å². The number of rotatable bonds is 3. The summed E-state index contributed by atoms with van der Waals surface area (Å²) in [5.74, 6) is 1.18. The Balaban J connectivity index is 1.92. The fraction of sp³-hybridized carbons (Fsp3) is 0.429. The highest BCUT2D eigenvalue weighted by Crippen LogP contribution is 2.34. The average Bonchev–Trinajstić information content (AvgIpc) is 3.20. The molecule has 1 aliphatic rings. The van der Waals surface area contributed by atoms with Crippen molar-refractivity contribution < 1.29 is 13.2 Å². The first kappa shape index (κ1) is 13.9. The Morgan fingerprint density at radius 3 is 2.57 bits per heavy atom. The average molecular weight is 296 g/mol. The molecule has 0 spiro atoms. The molecule has 2 heterocycles. The van der Waals surface area contributed by atoms with Gasteiger partial charge in [0, 0.05) is 23.9 Å². The highest BCUT2D eigenvalue weighted by Gasteiger charge is 2.32. The van der Waals surface area contributed by atoms with E-state index in [4.69, 9.17) is 5.73 Å². The smallest absolute Gasteiger partial charge is 0.384 e. The Bertz CT molecular complexity index is 654. The van der Waals surface area contributed by atoms with Gasteiger partial charge in [0.2, 0.25) is 0 Å². The molecule has 2 aromatic heterocycles. The van der Waals surface area contributed by atoms with E-state index < -0.39 is 11.9 Å². The zero-order chi connectivity index (χ0) is 15.2. The van der Waals surface area contributed by atoms with E-state index in [0.717, 1.165) is 18.2 Å². The number of nitrogens with zero attached hydrogens (tertiary/aromatic N) is 3. The minimum atomic E-state index is -4.43. The maximum Gasteiger partial charge on any atom is 0.433 e. The maximum atomic E-state index is 12.5. The summed E-state index contributed by atoms with van der Waals surface area (Å²) < 4.78 is 39.3. The highest BCUT2D eigenvalue weighted by atomic mass is 19.4. The Labute approximate surface area is 119 Å². The van der Waals surface area contributed by atoms with Gasteiger partial charge in [-0.2, -0.15) is 18.3 Å². The monoisotopic (exact) mass is 296 g/mol. The van der Waals surface area contributed by atoms with Gasteiger partial charge in [-0.3, -0.25) is 4.98 Å². The third kappa shape index (κ3) is 2.72. The summed E-state index contributed by atoms with van der Waals surface area (Å²) in [5, 5.41) is 4.42. The Morgan fingerprint density at radius 2 is 2.05 bits per heavy atom. The summed E-state index contributed by atoms with van der Waals surface area (Å²) in [7, 11) is 0. The van der Waals surface area contributed by atoms with Crippen LogP contribution in [0.1, 0.15) is 24.1 Å². The molecule has 7 heteroatoms. The van der Waals surface area contributed by atoms with Crippen LogP contribution in [0.2, 0.25) is 0 Å². The van der Waals surface area contributed by atoms with Gasteiger partial charge in [-0.25, -0.2) is 4.68 Å². The van der Waals surface area contributed by atoms with E-state index in [1.54, 1.807) is 4.68 Å². The van der Waals surface area contributed by atoms with E-state index in [1.807, 2.05) is 6.92 Å². The molecular formula is C14H15F3N4. The van der Waals surface area contributed by atoms with Crippen LogP contribution in [0.4, 0.5) is 19.0 Å². The second-order valence-electron chi connectivity index (χ2n) is 5.41. The summed E-state index contributed by atoms with van der Waals surface area (Å²) in [6.07, 6.45) is -0.887. The second kappa shape index (κ2) is 4.75. The third-order valence-corrected chi connectivity index (χ3v) is 3.69. The van der Waals surface area contributed by atoms with Gasteiger partial charge < -0.3 is 5.73 Å². The molecule has 0 bridgehead atoms. The second-order valence-corrected chi connectivity index (χ2v) is 5.41. The van der Waals surface area contributed by atoms with E-state index in [0.29, 0.717) is 23.0 Å². The molecule has 0 amide bonds. The summed E-state index contributed by atoms with van der Waals surface area (Å²) in [6.45, 7) is 2.58. The van der Waals surface area contributed by atoms with Crippen molar-refractivity contribution in [2.45, 2.75) is 32.5 Å². The third-order valence-electron chi connectivity index (χ3n) is 3.69. The van der Waals surface area contributed by atoms with E-state index in [-0.39, 0.29) is 0 Å². The summed E-state index contributed by atoms with van der Waals surface area (Å²) >= 11 is 0. The lowest BCUT2D eigenvalue weighted by molar-refractivity contribution is -0.141. The predicted molar refractivity (Wildman–Crippen MR) is 72.3 cm³/mol. The van der Waals surface area contributed by atoms with Crippen molar-refractivity contribution in [3.8, 4) is 11.3 Å². The number of anilines is 1. The van der Waals surface area contributed by atoms with Crippen molar-refractivity contribution in [2.75, 3.05) is 5.73 Å². The maximum absolute atomic E-state index is 12.5. The van der Waals surface area contributed by atoms with Crippen LogP contribution >= 0.6 is 0 Å². The molecule has 112 valence electrons. The van der Waals surface area contributed by atoms with E-state index in [2.05, 4.69) is 10.1 Å². The molecule has 2 aromatic rings. The summed E-state index contributed by atoms with van der Waals surface area (Å²) in [6, 6.07) is 2.34. The number of alkyl halides is 3. The largest absolute Gasteiger partial charge is 0.433 e. The highest BCUT2D eigenvalue weighted by molar-refractivity contribution is 5.67. The molecule has 1 fully saturated rings. The van der Waals surface area contributed by atoms with Crippen LogP contribution in [0.5, 0.6) is 0 Å². The van der Waals surface area contributed by atoms with E-state index in [9.17, 15) is 13.2 Å². The van der Waals surface area contributed by atoms with Crippen molar-refractivity contribution in [3.63, 3.8) is 0 Å². The molecule has 0 unspecified atom stereocenters. The lowest BCUT2D eigenvalue weighted by Crippen LogP contribution is -2.07. The van der Waals surface area contributed by atoms with Crippen LogP contribution in [0.15, 0.2) is 18.3 Å². The van der Waals surface area contributed by atoms with E-state index in [1.165, 1.54) is 25.1 Å².